The molecule has 0 aliphatic heterocycles. The summed E-state index contributed by atoms with van der Waals surface area (Å²) in [5.41, 5.74) is 11.0. The standard InChI is InChI=1S/C18H13FN8/c1-10-8-21-14-7-4-12(9-26(10)14)16-15(11-2-5-13(19)6-3-11)22-17(20)18-23-24-25-27(16)18/h2-9H,1H3,(H2,20,22). The number of halogens is 1. The van der Waals surface area contributed by atoms with Crippen LogP contribution in [0.1, 0.15) is 5.69 Å². The number of benzene rings is 1. The highest BCUT2D eigenvalue weighted by Gasteiger charge is 2.19. The molecule has 9 heteroatoms. The fourth-order valence-corrected chi connectivity index (χ4v) is 3.13. The van der Waals surface area contributed by atoms with Gasteiger partial charge in [0.15, 0.2) is 5.82 Å². The maximum Gasteiger partial charge on any atom is 0.222 e. The molecular formula is C18H13FN8. The van der Waals surface area contributed by atoms with Crippen LogP contribution < -0.4 is 5.73 Å². The quantitative estimate of drug-likeness (QED) is 0.519. The molecule has 27 heavy (non-hydrogen) atoms. The van der Waals surface area contributed by atoms with Gasteiger partial charge in [0, 0.05) is 29.2 Å². The van der Waals surface area contributed by atoms with Crippen molar-refractivity contribution in [2.75, 3.05) is 5.73 Å². The molecular weight excluding hydrogens is 347 g/mol. The van der Waals surface area contributed by atoms with Crippen molar-refractivity contribution >= 4 is 17.1 Å². The van der Waals surface area contributed by atoms with Crippen molar-refractivity contribution in [3.63, 3.8) is 0 Å². The van der Waals surface area contributed by atoms with Gasteiger partial charge in [-0.1, -0.05) is 0 Å². The molecule has 0 aliphatic carbocycles. The van der Waals surface area contributed by atoms with Gasteiger partial charge in [-0.2, -0.15) is 4.52 Å². The number of nitrogens with zero attached hydrogens (tertiary/aromatic N) is 7. The summed E-state index contributed by atoms with van der Waals surface area (Å²) >= 11 is 0. The van der Waals surface area contributed by atoms with E-state index in [-0.39, 0.29) is 11.6 Å². The third-order valence-electron chi connectivity index (χ3n) is 4.45. The molecule has 0 saturated carbocycles. The highest BCUT2D eigenvalue weighted by molar-refractivity contribution is 5.82. The van der Waals surface area contributed by atoms with Crippen LogP contribution in [0.2, 0.25) is 0 Å². The SMILES string of the molecule is Cc1cnc2ccc(-c3c(-c4ccc(F)cc4)nc(N)c4nnnn34)cn12. The van der Waals surface area contributed by atoms with Crippen LogP contribution in [0.3, 0.4) is 0 Å². The fraction of sp³-hybridized carbons (Fsp3) is 0.0556. The Labute approximate surface area is 152 Å². The summed E-state index contributed by atoms with van der Waals surface area (Å²) < 4.78 is 16.9. The Balaban J connectivity index is 1.87. The molecule has 2 N–H and O–H groups in total. The van der Waals surface area contributed by atoms with Gasteiger partial charge in [-0.15, -0.1) is 5.10 Å². The Morgan fingerprint density at radius 3 is 2.63 bits per heavy atom. The summed E-state index contributed by atoms with van der Waals surface area (Å²) in [5, 5.41) is 11.8. The van der Waals surface area contributed by atoms with Crippen LogP contribution in [0.4, 0.5) is 10.2 Å². The Bertz CT molecular complexity index is 1300. The average Bonchev–Trinajstić information content (AvgIpc) is 3.30. The number of fused-ring (bicyclic) bond motifs is 2. The Hall–Kier alpha value is -3.88. The molecule has 0 saturated heterocycles. The minimum Gasteiger partial charge on any atom is -0.380 e. The predicted octanol–water partition coefficient (Wildman–Crippen LogP) is 2.53. The summed E-state index contributed by atoms with van der Waals surface area (Å²) in [4.78, 5) is 8.86. The van der Waals surface area contributed by atoms with E-state index in [1.807, 2.05) is 29.7 Å². The summed E-state index contributed by atoms with van der Waals surface area (Å²) in [7, 11) is 0. The number of imidazole rings is 1. The van der Waals surface area contributed by atoms with Gasteiger partial charge in [-0.25, -0.2) is 14.4 Å². The number of nitrogens with two attached hydrogens (primary N) is 1. The molecule has 0 unspecified atom stereocenters. The Morgan fingerprint density at radius 1 is 1.04 bits per heavy atom. The fourth-order valence-electron chi connectivity index (χ4n) is 3.13. The molecule has 132 valence electrons. The first-order valence-corrected chi connectivity index (χ1v) is 8.19. The van der Waals surface area contributed by atoms with Crippen LogP contribution in [0.5, 0.6) is 0 Å². The molecule has 8 nitrogen and oxygen atoms in total. The van der Waals surface area contributed by atoms with Gasteiger partial charge in [0.05, 0.1) is 5.69 Å². The van der Waals surface area contributed by atoms with E-state index in [2.05, 4.69) is 25.5 Å². The second-order valence-corrected chi connectivity index (χ2v) is 6.16. The maximum absolute atomic E-state index is 13.4. The number of anilines is 1. The van der Waals surface area contributed by atoms with Crippen molar-refractivity contribution in [3.05, 3.63) is 60.3 Å². The van der Waals surface area contributed by atoms with Crippen LogP contribution in [0, 0.1) is 12.7 Å². The van der Waals surface area contributed by atoms with Gasteiger partial charge in [0.2, 0.25) is 5.65 Å². The zero-order chi connectivity index (χ0) is 18.5. The minimum atomic E-state index is -0.327. The van der Waals surface area contributed by atoms with Gasteiger partial charge in [-0.3, -0.25) is 0 Å². The summed E-state index contributed by atoms with van der Waals surface area (Å²) in [6.45, 7) is 1.97. The zero-order valence-corrected chi connectivity index (χ0v) is 14.2. The third kappa shape index (κ3) is 2.32. The monoisotopic (exact) mass is 360 g/mol. The van der Waals surface area contributed by atoms with E-state index in [0.717, 1.165) is 16.9 Å². The second-order valence-electron chi connectivity index (χ2n) is 6.16. The van der Waals surface area contributed by atoms with E-state index in [9.17, 15) is 4.39 Å². The van der Waals surface area contributed by atoms with E-state index in [4.69, 9.17) is 5.73 Å². The predicted molar refractivity (Wildman–Crippen MR) is 97.3 cm³/mol. The van der Waals surface area contributed by atoms with Crippen molar-refractivity contribution in [2.24, 2.45) is 0 Å². The molecule has 0 aliphatic rings. The minimum absolute atomic E-state index is 0.197. The summed E-state index contributed by atoms with van der Waals surface area (Å²) in [6, 6.07) is 9.88. The first-order valence-electron chi connectivity index (χ1n) is 8.19. The number of tetrazole rings is 1. The lowest BCUT2D eigenvalue weighted by atomic mass is 10.0. The number of rotatable bonds is 2. The highest BCUT2D eigenvalue weighted by Crippen LogP contribution is 2.32. The summed E-state index contributed by atoms with van der Waals surface area (Å²) in [6.07, 6.45) is 3.74. The lowest BCUT2D eigenvalue weighted by Crippen LogP contribution is -2.05. The molecule has 4 heterocycles. The molecule has 0 amide bonds. The number of aromatic nitrogens is 7. The van der Waals surface area contributed by atoms with Gasteiger partial charge in [0.1, 0.15) is 17.2 Å². The van der Waals surface area contributed by atoms with Crippen LogP contribution in [-0.2, 0) is 0 Å². The van der Waals surface area contributed by atoms with Crippen molar-refractivity contribution < 1.29 is 4.39 Å². The first kappa shape index (κ1) is 15.4. The molecule has 0 radical (unpaired) electrons. The normalized spacial score (nSPS) is 11.5. The van der Waals surface area contributed by atoms with Gasteiger partial charge < -0.3 is 10.1 Å². The number of nitrogen functional groups attached to an aromatic ring is 1. The zero-order valence-electron chi connectivity index (χ0n) is 14.2. The largest absolute Gasteiger partial charge is 0.380 e. The molecule has 0 spiro atoms. The number of pyridine rings is 1. The topological polar surface area (TPSA) is 99.3 Å². The average molecular weight is 360 g/mol. The van der Waals surface area contributed by atoms with E-state index in [0.29, 0.717) is 22.6 Å². The highest BCUT2D eigenvalue weighted by atomic mass is 19.1. The van der Waals surface area contributed by atoms with Gasteiger partial charge in [-0.05, 0) is 53.7 Å². The summed E-state index contributed by atoms with van der Waals surface area (Å²) in [5.74, 6) is -0.129. The molecule has 1 aromatic carbocycles. The smallest absolute Gasteiger partial charge is 0.222 e. The number of hydrogen-bond acceptors (Lipinski definition) is 6. The molecule has 5 aromatic rings. The van der Waals surface area contributed by atoms with Gasteiger partial charge in [0.25, 0.3) is 0 Å². The second kappa shape index (κ2) is 5.56. The lowest BCUT2D eigenvalue weighted by Gasteiger charge is -2.12. The molecule has 0 bridgehead atoms. The van der Waals surface area contributed by atoms with E-state index in [1.54, 1.807) is 22.8 Å². The van der Waals surface area contributed by atoms with Crippen LogP contribution in [-0.4, -0.2) is 34.4 Å². The molecule has 0 fully saturated rings. The Morgan fingerprint density at radius 2 is 1.81 bits per heavy atom. The Kier molecular flexibility index (Phi) is 3.17. The molecule has 4 aromatic heterocycles. The third-order valence-corrected chi connectivity index (χ3v) is 4.45. The van der Waals surface area contributed by atoms with E-state index < -0.39 is 0 Å². The van der Waals surface area contributed by atoms with Crippen molar-refractivity contribution in [2.45, 2.75) is 6.92 Å². The van der Waals surface area contributed by atoms with Crippen molar-refractivity contribution in [1.29, 1.82) is 0 Å². The van der Waals surface area contributed by atoms with Crippen molar-refractivity contribution in [1.82, 2.24) is 34.4 Å². The first-order chi connectivity index (χ1) is 13.1. The van der Waals surface area contributed by atoms with Crippen LogP contribution >= 0.6 is 0 Å². The van der Waals surface area contributed by atoms with Crippen LogP contribution in [0.25, 0.3) is 33.8 Å². The number of aryl methyl sites for hydroxylation is 1. The molecule has 5 rings (SSSR count). The van der Waals surface area contributed by atoms with E-state index in [1.165, 1.54) is 12.1 Å². The number of hydrogen-bond donors (Lipinski definition) is 1. The van der Waals surface area contributed by atoms with Crippen LogP contribution in [0.15, 0.2) is 48.8 Å². The molecule has 0 atom stereocenters. The van der Waals surface area contributed by atoms with E-state index >= 15 is 0 Å². The van der Waals surface area contributed by atoms with Gasteiger partial charge >= 0.3 is 0 Å². The van der Waals surface area contributed by atoms with Crippen molar-refractivity contribution in [3.8, 4) is 22.5 Å². The maximum atomic E-state index is 13.4. The lowest BCUT2D eigenvalue weighted by molar-refractivity contribution is 0.628.